The quantitative estimate of drug-likeness (QED) is 0.621. The van der Waals surface area contributed by atoms with Crippen LogP contribution in [0.1, 0.15) is 65.0 Å². The molecule has 0 fully saturated rings. The van der Waals surface area contributed by atoms with Gasteiger partial charge in [0.15, 0.2) is 0 Å². The van der Waals surface area contributed by atoms with Gasteiger partial charge in [0.1, 0.15) is 17.7 Å². The van der Waals surface area contributed by atoms with Crippen molar-refractivity contribution in [2.24, 2.45) is 0 Å². The lowest BCUT2D eigenvalue weighted by molar-refractivity contribution is -0.118. The Balaban J connectivity index is 1.81. The van der Waals surface area contributed by atoms with Crippen LogP contribution in [0.25, 0.3) is 0 Å². The number of fused-ring (bicyclic) bond motifs is 1. The van der Waals surface area contributed by atoms with Gasteiger partial charge in [0, 0.05) is 17.0 Å². The lowest BCUT2D eigenvalue weighted by Crippen LogP contribution is -2.50. The van der Waals surface area contributed by atoms with Crippen molar-refractivity contribution in [2.75, 3.05) is 5.32 Å². The van der Waals surface area contributed by atoms with Crippen molar-refractivity contribution < 1.29 is 14.0 Å². The first-order valence-electron chi connectivity index (χ1n) is 10.8. The predicted molar refractivity (Wildman–Crippen MR) is 121 cm³/mol. The van der Waals surface area contributed by atoms with Crippen molar-refractivity contribution >= 4 is 17.6 Å². The van der Waals surface area contributed by atoms with Crippen molar-refractivity contribution in [2.45, 2.75) is 52.1 Å². The SMILES string of the molecule is CCC(C)n1nc(C)c2c1NC(=O)C(NC(=O)c1cccc(C)c1)C2c1ccc(F)cc1. The lowest BCUT2D eigenvalue weighted by Gasteiger charge is -2.33. The molecule has 2 heterocycles. The number of hydrogen-bond acceptors (Lipinski definition) is 3. The fraction of sp³-hybridized carbons (Fsp3) is 0.320. The van der Waals surface area contributed by atoms with Crippen LogP contribution in [0.3, 0.4) is 0 Å². The third kappa shape index (κ3) is 3.90. The summed E-state index contributed by atoms with van der Waals surface area (Å²) in [4.78, 5) is 26.3. The fourth-order valence-corrected chi connectivity index (χ4v) is 4.25. The fourth-order valence-electron chi connectivity index (χ4n) is 4.25. The summed E-state index contributed by atoms with van der Waals surface area (Å²) in [6.07, 6.45) is 0.845. The van der Waals surface area contributed by atoms with Gasteiger partial charge in [0.2, 0.25) is 5.91 Å². The van der Waals surface area contributed by atoms with Gasteiger partial charge in [-0.15, -0.1) is 0 Å². The molecule has 2 amide bonds. The Hall–Kier alpha value is -3.48. The monoisotopic (exact) mass is 434 g/mol. The maximum Gasteiger partial charge on any atom is 0.251 e. The summed E-state index contributed by atoms with van der Waals surface area (Å²) in [5, 5.41) is 10.6. The lowest BCUT2D eigenvalue weighted by atomic mass is 9.81. The molecular weight excluding hydrogens is 407 g/mol. The highest BCUT2D eigenvalue weighted by Gasteiger charge is 2.42. The zero-order valence-corrected chi connectivity index (χ0v) is 18.6. The molecule has 3 unspecified atom stereocenters. The Labute approximate surface area is 186 Å². The van der Waals surface area contributed by atoms with Gasteiger partial charge in [0.05, 0.1) is 11.7 Å². The first-order valence-corrected chi connectivity index (χ1v) is 10.8. The molecule has 2 N–H and O–H groups in total. The number of rotatable bonds is 5. The minimum Gasteiger partial charge on any atom is -0.339 e. The molecule has 7 heteroatoms. The van der Waals surface area contributed by atoms with E-state index in [9.17, 15) is 14.0 Å². The van der Waals surface area contributed by atoms with Gasteiger partial charge >= 0.3 is 0 Å². The van der Waals surface area contributed by atoms with Crippen LogP contribution in [0.2, 0.25) is 0 Å². The van der Waals surface area contributed by atoms with E-state index in [1.54, 1.807) is 30.3 Å². The number of hydrogen-bond donors (Lipinski definition) is 2. The van der Waals surface area contributed by atoms with Gasteiger partial charge in [0.25, 0.3) is 5.91 Å². The standard InChI is InChI=1S/C25H27FN4O2/c1-5-15(3)30-23-20(16(4)29-30)21(17-9-11-19(26)12-10-17)22(25(32)28-23)27-24(31)18-8-6-7-14(2)13-18/h6-13,15,21-22H,5H2,1-4H3,(H,27,31)(H,28,32). The highest BCUT2D eigenvalue weighted by Crippen LogP contribution is 2.41. The summed E-state index contributed by atoms with van der Waals surface area (Å²) in [5.41, 5.74) is 3.78. The molecule has 1 aliphatic rings. The number of carbonyl (C=O) groups excluding carboxylic acids is 2. The number of amides is 2. The molecule has 0 aliphatic carbocycles. The van der Waals surface area contributed by atoms with Gasteiger partial charge in [-0.3, -0.25) is 9.59 Å². The predicted octanol–water partition coefficient (Wildman–Crippen LogP) is 4.49. The number of carbonyl (C=O) groups is 2. The second-order valence-corrected chi connectivity index (χ2v) is 8.39. The summed E-state index contributed by atoms with van der Waals surface area (Å²) in [6.45, 7) is 7.90. The van der Waals surface area contributed by atoms with E-state index >= 15 is 0 Å². The van der Waals surface area contributed by atoms with Crippen molar-refractivity contribution in [3.63, 3.8) is 0 Å². The highest BCUT2D eigenvalue weighted by molar-refractivity contribution is 6.04. The van der Waals surface area contributed by atoms with Crippen LogP contribution in [0, 0.1) is 19.7 Å². The normalized spacial score (nSPS) is 18.6. The smallest absolute Gasteiger partial charge is 0.251 e. The summed E-state index contributed by atoms with van der Waals surface area (Å²) in [7, 11) is 0. The first-order chi connectivity index (χ1) is 15.3. The van der Waals surface area contributed by atoms with Crippen molar-refractivity contribution in [3.05, 3.63) is 82.3 Å². The molecule has 1 aromatic heterocycles. The van der Waals surface area contributed by atoms with E-state index in [-0.39, 0.29) is 23.7 Å². The molecule has 0 saturated carbocycles. The Kier molecular flexibility index (Phi) is 5.82. The van der Waals surface area contributed by atoms with Gasteiger partial charge < -0.3 is 10.6 Å². The van der Waals surface area contributed by atoms with Crippen LogP contribution in [-0.2, 0) is 4.79 Å². The van der Waals surface area contributed by atoms with Crippen LogP contribution in [-0.4, -0.2) is 27.6 Å². The van der Waals surface area contributed by atoms with Crippen molar-refractivity contribution in [1.82, 2.24) is 15.1 Å². The molecule has 32 heavy (non-hydrogen) atoms. The summed E-state index contributed by atoms with van der Waals surface area (Å²) >= 11 is 0. The van der Waals surface area contributed by atoms with Crippen LogP contribution >= 0.6 is 0 Å². The van der Waals surface area contributed by atoms with Crippen LogP contribution in [0.4, 0.5) is 10.2 Å². The first kappa shape index (κ1) is 21.7. The largest absolute Gasteiger partial charge is 0.339 e. The van der Waals surface area contributed by atoms with E-state index in [4.69, 9.17) is 0 Å². The van der Waals surface area contributed by atoms with Crippen molar-refractivity contribution in [3.8, 4) is 0 Å². The summed E-state index contributed by atoms with van der Waals surface area (Å²) in [5.74, 6) is -0.876. The number of anilines is 1. The number of halogens is 1. The van der Waals surface area contributed by atoms with E-state index in [0.29, 0.717) is 11.4 Å². The molecule has 6 nitrogen and oxygen atoms in total. The third-order valence-corrected chi connectivity index (χ3v) is 6.10. The van der Waals surface area contributed by atoms with Gasteiger partial charge in [-0.25, -0.2) is 9.07 Å². The highest BCUT2D eigenvalue weighted by atomic mass is 19.1. The van der Waals surface area contributed by atoms with Gasteiger partial charge in [-0.2, -0.15) is 5.10 Å². The number of aryl methyl sites for hydroxylation is 2. The zero-order chi connectivity index (χ0) is 23.0. The summed E-state index contributed by atoms with van der Waals surface area (Å²) in [6, 6.07) is 12.5. The molecule has 2 aromatic carbocycles. The Bertz CT molecular complexity index is 1170. The van der Waals surface area contributed by atoms with Gasteiger partial charge in [-0.1, -0.05) is 36.8 Å². The molecule has 3 aromatic rings. The summed E-state index contributed by atoms with van der Waals surface area (Å²) < 4.78 is 15.5. The van der Waals surface area contributed by atoms with Crippen molar-refractivity contribution in [1.29, 1.82) is 0 Å². The zero-order valence-electron chi connectivity index (χ0n) is 18.6. The Morgan fingerprint density at radius 3 is 2.59 bits per heavy atom. The van der Waals surface area contributed by atoms with Crippen LogP contribution < -0.4 is 10.6 Å². The second kappa shape index (κ2) is 8.57. The van der Waals surface area contributed by atoms with E-state index in [1.807, 2.05) is 31.5 Å². The Morgan fingerprint density at radius 1 is 1.22 bits per heavy atom. The topological polar surface area (TPSA) is 76.0 Å². The average molecular weight is 435 g/mol. The third-order valence-electron chi connectivity index (χ3n) is 6.10. The molecule has 3 atom stereocenters. The second-order valence-electron chi connectivity index (χ2n) is 8.39. The number of nitrogens with one attached hydrogen (secondary N) is 2. The molecule has 0 radical (unpaired) electrons. The van der Waals surface area contributed by atoms with E-state index in [2.05, 4.69) is 22.7 Å². The van der Waals surface area contributed by atoms with Crippen LogP contribution in [0.5, 0.6) is 0 Å². The molecule has 0 spiro atoms. The van der Waals surface area contributed by atoms with E-state index in [0.717, 1.165) is 28.8 Å². The van der Waals surface area contributed by atoms with Crippen LogP contribution in [0.15, 0.2) is 48.5 Å². The molecule has 1 aliphatic heterocycles. The molecular formula is C25H27FN4O2. The average Bonchev–Trinajstić information content (AvgIpc) is 3.10. The molecule has 4 rings (SSSR count). The van der Waals surface area contributed by atoms with E-state index < -0.39 is 12.0 Å². The maximum atomic E-state index is 13.7. The van der Waals surface area contributed by atoms with Gasteiger partial charge in [-0.05, 0) is 57.0 Å². The molecule has 166 valence electrons. The number of nitrogens with zero attached hydrogens (tertiary/aromatic N) is 2. The number of aromatic nitrogens is 2. The van der Waals surface area contributed by atoms with E-state index in [1.165, 1.54) is 12.1 Å². The molecule has 0 bridgehead atoms. The minimum atomic E-state index is -0.866. The maximum absolute atomic E-state index is 13.7. The molecule has 0 saturated heterocycles. The minimum absolute atomic E-state index is 0.0880. The number of benzene rings is 2. The Morgan fingerprint density at radius 2 is 1.94 bits per heavy atom.